The van der Waals surface area contributed by atoms with Gasteiger partial charge in [0, 0.05) is 13.2 Å². The largest absolute Gasteiger partial charge is 0.379 e. The highest BCUT2D eigenvalue weighted by molar-refractivity contribution is 4.61. The minimum absolute atomic E-state index is 0.389. The van der Waals surface area contributed by atoms with Gasteiger partial charge in [0.25, 0.3) is 0 Å². The van der Waals surface area contributed by atoms with E-state index in [-0.39, 0.29) is 0 Å². The zero-order valence-electron chi connectivity index (χ0n) is 5.22. The third kappa shape index (κ3) is 1.46. The Balaban J connectivity index is 2.06. The Bertz CT molecular complexity index is 57.5. The van der Waals surface area contributed by atoms with Crippen LogP contribution < -0.4 is 0 Å². The first-order chi connectivity index (χ1) is 3.93. The van der Waals surface area contributed by atoms with Gasteiger partial charge in [0.2, 0.25) is 0 Å². The van der Waals surface area contributed by atoms with Crippen LogP contribution in [-0.2, 0) is 9.47 Å². The first-order valence-electron chi connectivity index (χ1n) is 3.13. The van der Waals surface area contributed by atoms with Crippen molar-refractivity contribution in [1.29, 1.82) is 0 Å². The standard InChI is InChI=1S/C6H12O2/c1-2-8-6-3-4-7-5-6/h6H,2-5H2,1H3/t6-/m0/s1. The van der Waals surface area contributed by atoms with E-state index >= 15 is 0 Å². The van der Waals surface area contributed by atoms with Crippen LogP contribution in [0.2, 0.25) is 0 Å². The van der Waals surface area contributed by atoms with Crippen LogP contribution >= 0.6 is 0 Å². The van der Waals surface area contributed by atoms with Gasteiger partial charge >= 0.3 is 0 Å². The molecule has 0 unspecified atom stereocenters. The van der Waals surface area contributed by atoms with Gasteiger partial charge in [0.15, 0.2) is 0 Å². The molecule has 0 spiro atoms. The van der Waals surface area contributed by atoms with Crippen LogP contribution in [0, 0.1) is 0 Å². The topological polar surface area (TPSA) is 18.5 Å². The van der Waals surface area contributed by atoms with Gasteiger partial charge in [0.1, 0.15) is 0 Å². The third-order valence-corrected chi connectivity index (χ3v) is 1.29. The van der Waals surface area contributed by atoms with E-state index in [0.29, 0.717) is 6.10 Å². The summed E-state index contributed by atoms with van der Waals surface area (Å²) in [5.74, 6) is 0. The van der Waals surface area contributed by atoms with Crippen LogP contribution in [-0.4, -0.2) is 25.9 Å². The summed E-state index contributed by atoms with van der Waals surface area (Å²) in [6, 6.07) is 0. The Morgan fingerprint density at radius 1 is 1.75 bits per heavy atom. The molecular formula is C6H12O2. The fraction of sp³-hybridized carbons (Fsp3) is 1.00. The molecule has 1 heterocycles. The molecule has 0 amide bonds. The van der Waals surface area contributed by atoms with E-state index in [9.17, 15) is 0 Å². The minimum Gasteiger partial charge on any atom is -0.379 e. The van der Waals surface area contributed by atoms with Crippen molar-refractivity contribution in [1.82, 2.24) is 0 Å². The number of hydrogen-bond donors (Lipinski definition) is 0. The van der Waals surface area contributed by atoms with Crippen LogP contribution in [0.4, 0.5) is 0 Å². The smallest absolute Gasteiger partial charge is 0.0830 e. The van der Waals surface area contributed by atoms with E-state index in [2.05, 4.69) is 0 Å². The van der Waals surface area contributed by atoms with Crippen LogP contribution in [0.15, 0.2) is 0 Å². The Morgan fingerprint density at radius 2 is 2.62 bits per heavy atom. The maximum absolute atomic E-state index is 5.28. The summed E-state index contributed by atoms with van der Waals surface area (Å²) in [6.07, 6.45) is 1.47. The van der Waals surface area contributed by atoms with Crippen LogP contribution in [0.1, 0.15) is 13.3 Å². The fourth-order valence-electron chi connectivity index (χ4n) is 0.880. The lowest BCUT2D eigenvalue weighted by Gasteiger charge is -2.04. The molecule has 8 heavy (non-hydrogen) atoms. The Morgan fingerprint density at radius 3 is 3.12 bits per heavy atom. The predicted molar refractivity (Wildman–Crippen MR) is 30.8 cm³/mol. The highest BCUT2D eigenvalue weighted by Gasteiger charge is 2.14. The van der Waals surface area contributed by atoms with Gasteiger partial charge in [-0.25, -0.2) is 0 Å². The molecule has 0 saturated carbocycles. The van der Waals surface area contributed by atoms with E-state index in [1.54, 1.807) is 0 Å². The molecule has 0 bridgehead atoms. The van der Waals surface area contributed by atoms with Gasteiger partial charge in [-0.1, -0.05) is 0 Å². The molecule has 0 N–H and O–H groups in total. The van der Waals surface area contributed by atoms with Gasteiger partial charge in [0.05, 0.1) is 12.7 Å². The van der Waals surface area contributed by atoms with Crippen molar-refractivity contribution in [3.63, 3.8) is 0 Å². The predicted octanol–water partition coefficient (Wildman–Crippen LogP) is 0.812. The second-order valence-corrected chi connectivity index (χ2v) is 1.94. The molecule has 0 aliphatic carbocycles. The molecule has 1 atom stereocenters. The summed E-state index contributed by atoms with van der Waals surface area (Å²) >= 11 is 0. The molecular weight excluding hydrogens is 104 g/mol. The lowest BCUT2D eigenvalue weighted by Crippen LogP contribution is -2.11. The first kappa shape index (κ1) is 6.05. The molecule has 1 aliphatic rings. The van der Waals surface area contributed by atoms with Crippen LogP contribution in [0.3, 0.4) is 0 Å². The summed E-state index contributed by atoms with van der Waals surface area (Å²) in [4.78, 5) is 0. The Labute approximate surface area is 49.8 Å². The maximum Gasteiger partial charge on any atom is 0.0830 e. The van der Waals surface area contributed by atoms with Gasteiger partial charge < -0.3 is 9.47 Å². The summed E-state index contributed by atoms with van der Waals surface area (Å²) in [5, 5.41) is 0. The van der Waals surface area contributed by atoms with Gasteiger partial charge in [-0.3, -0.25) is 0 Å². The molecule has 1 aliphatic heterocycles. The zero-order valence-corrected chi connectivity index (χ0v) is 5.22. The van der Waals surface area contributed by atoms with Gasteiger partial charge in [-0.05, 0) is 13.3 Å². The average molecular weight is 116 g/mol. The Hall–Kier alpha value is -0.0800. The molecule has 2 nitrogen and oxygen atoms in total. The van der Waals surface area contributed by atoms with Gasteiger partial charge in [-0.15, -0.1) is 0 Å². The molecule has 1 rings (SSSR count). The number of rotatable bonds is 2. The molecule has 0 aromatic heterocycles. The maximum atomic E-state index is 5.28. The SMILES string of the molecule is CCO[C@H]1CCOC1. The number of hydrogen-bond acceptors (Lipinski definition) is 2. The van der Waals surface area contributed by atoms with Gasteiger partial charge in [-0.2, -0.15) is 0 Å². The lowest BCUT2D eigenvalue weighted by molar-refractivity contribution is 0.0509. The summed E-state index contributed by atoms with van der Waals surface area (Å²) < 4.78 is 10.4. The molecule has 1 fully saturated rings. The third-order valence-electron chi connectivity index (χ3n) is 1.29. The van der Waals surface area contributed by atoms with E-state index in [1.165, 1.54) is 0 Å². The molecule has 48 valence electrons. The second kappa shape index (κ2) is 3.05. The zero-order chi connectivity index (χ0) is 5.82. The lowest BCUT2D eigenvalue weighted by atomic mass is 10.3. The molecule has 0 aromatic carbocycles. The van der Waals surface area contributed by atoms with E-state index in [1.807, 2.05) is 6.92 Å². The first-order valence-corrected chi connectivity index (χ1v) is 3.13. The molecule has 1 saturated heterocycles. The van der Waals surface area contributed by atoms with Crippen molar-refractivity contribution < 1.29 is 9.47 Å². The number of ether oxygens (including phenoxy) is 2. The van der Waals surface area contributed by atoms with Crippen molar-refractivity contribution in [2.75, 3.05) is 19.8 Å². The van der Waals surface area contributed by atoms with Crippen molar-refractivity contribution in [2.45, 2.75) is 19.4 Å². The molecule has 0 aromatic rings. The average Bonchev–Trinajstić information content (AvgIpc) is 2.19. The van der Waals surface area contributed by atoms with Crippen LogP contribution in [0.25, 0.3) is 0 Å². The second-order valence-electron chi connectivity index (χ2n) is 1.94. The summed E-state index contributed by atoms with van der Waals surface area (Å²) in [7, 11) is 0. The highest BCUT2D eigenvalue weighted by Crippen LogP contribution is 2.06. The Kier molecular flexibility index (Phi) is 2.30. The van der Waals surface area contributed by atoms with E-state index in [4.69, 9.17) is 9.47 Å². The monoisotopic (exact) mass is 116 g/mol. The van der Waals surface area contributed by atoms with Crippen molar-refractivity contribution in [3.8, 4) is 0 Å². The normalized spacial score (nSPS) is 28.9. The van der Waals surface area contributed by atoms with E-state index in [0.717, 1.165) is 26.2 Å². The minimum atomic E-state index is 0.389. The fourth-order valence-corrected chi connectivity index (χ4v) is 0.880. The molecule has 0 radical (unpaired) electrons. The quantitative estimate of drug-likeness (QED) is 0.531. The highest BCUT2D eigenvalue weighted by atomic mass is 16.5. The van der Waals surface area contributed by atoms with E-state index < -0.39 is 0 Å². The van der Waals surface area contributed by atoms with Crippen molar-refractivity contribution in [2.24, 2.45) is 0 Å². The summed E-state index contributed by atoms with van der Waals surface area (Å²) in [6.45, 7) is 4.50. The van der Waals surface area contributed by atoms with Crippen LogP contribution in [0.5, 0.6) is 0 Å². The molecule has 2 heteroatoms. The summed E-state index contributed by atoms with van der Waals surface area (Å²) in [5.41, 5.74) is 0. The van der Waals surface area contributed by atoms with Crippen molar-refractivity contribution >= 4 is 0 Å². The van der Waals surface area contributed by atoms with Crippen molar-refractivity contribution in [3.05, 3.63) is 0 Å².